The molecule has 1 aromatic rings. The molecule has 0 atom stereocenters. The summed E-state index contributed by atoms with van der Waals surface area (Å²) in [6, 6.07) is 8.45. The van der Waals surface area contributed by atoms with Gasteiger partial charge in [-0.2, -0.15) is 0 Å². The standard InChI is InChI=1S/C14H15NS/c1-4-8-13-11(5-2)15(3)12-9-6-7-10-14(12)16-13/h4-10H,1H2,2-3H3/b11-5+,13-8+. The molecule has 0 radical (unpaired) electrons. The van der Waals surface area contributed by atoms with E-state index < -0.39 is 0 Å². The van der Waals surface area contributed by atoms with Crippen LogP contribution in [0, 0.1) is 0 Å². The Morgan fingerprint density at radius 3 is 2.75 bits per heavy atom. The van der Waals surface area contributed by atoms with Gasteiger partial charge in [-0.15, -0.1) is 0 Å². The zero-order valence-corrected chi connectivity index (χ0v) is 10.4. The molecule has 0 spiro atoms. The van der Waals surface area contributed by atoms with Gasteiger partial charge in [-0.1, -0.05) is 42.6 Å². The van der Waals surface area contributed by atoms with Crippen LogP contribution in [0.5, 0.6) is 0 Å². The second-order valence-electron chi connectivity index (χ2n) is 3.57. The Hall–Kier alpha value is -1.41. The van der Waals surface area contributed by atoms with E-state index in [1.165, 1.54) is 21.2 Å². The van der Waals surface area contributed by atoms with Crippen molar-refractivity contribution in [1.82, 2.24) is 0 Å². The van der Waals surface area contributed by atoms with Gasteiger partial charge in [0.15, 0.2) is 0 Å². The number of benzene rings is 1. The molecule has 2 rings (SSSR count). The second-order valence-corrected chi connectivity index (χ2v) is 4.65. The summed E-state index contributed by atoms with van der Waals surface area (Å²) in [6.45, 7) is 5.84. The Balaban J connectivity index is 2.54. The highest BCUT2D eigenvalue weighted by Crippen LogP contribution is 2.44. The molecule has 2 heteroatoms. The van der Waals surface area contributed by atoms with Gasteiger partial charge in [0.2, 0.25) is 0 Å². The first-order valence-electron chi connectivity index (χ1n) is 5.28. The van der Waals surface area contributed by atoms with E-state index in [1.807, 2.05) is 6.08 Å². The number of hydrogen-bond donors (Lipinski definition) is 0. The van der Waals surface area contributed by atoms with Gasteiger partial charge >= 0.3 is 0 Å². The molecule has 0 saturated carbocycles. The van der Waals surface area contributed by atoms with Crippen molar-refractivity contribution in [3.8, 4) is 0 Å². The molecule has 0 aliphatic carbocycles. The lowest BCUT2D eigenvalue weighted by Gasteiger charge is -2.31. The second kappa shape index (κ2) is 4.62. The third-order valence-electron chi connectivity index (χ3n) is 2.60. The number of hydrogen-bond acceptors (Lipinski definition) is 2. The highest BCUT2D eigenvalue weighted by atomic mass is 32.2. The van der Waals surface area contributed by atoms with E-state index >= 15 is 0 Å². The fraction of sp³-hybridized carbons (Fsp3) is 0.143. The van der Waals surface area contributed by atoms with E-state index in [1.54, 1.807) is 11.8 Å². The highest BCUT2D eigenvalue weighted by molar-refractivity contribution is 8.03. The molecular weight excluding hydrogens is 214 g/mol. The predicted octanol–water partition coefficient (Wildman–Crippen LogP) is 4.20. The SMILES string of the molecule is C=C/C=C1/Sc2ccccc2N(C)/C1=C/C. The molecule has 1 aliphatic rings. The van der Waals surface area contributed by atoms with E-state index in [2.05, 4.69) is 61.9 Å². The number of para-hydroxylation sites is 1. The summed E-state index contributed by atoms with van der Waals surface area (Å²) in [5.41, 5.74) is 2.51. The van der Waals surface area contributed by atoms with Gasteiger partial charge in [0.25, 0.3) is 0 Å². The smallest absolute Gasteiger partial charge is 0.0550 e. The summed E-state index contributed by atoms with van der Waals surface area (Å²) >= 11 is 1.80. The van der Waals surface area contributed by atoms with Gasteiger partial charge in [-0.25, -0.2) is 0 Å². The van der Waals surface area contributed by atoms with Crippen LogP contribution >= 0.6 is 11.8 Å². The minimum atomic E-state index is 1.24. The van der Waals surface area contributed by atoms with Crippen molar-refractivity contribution in [2.45, 2.75) is 11.8 Å². The summed E-state index contributed by atoms with van der Waals surface area (Å²) in [5.74, 6) is 0. The third kappa shape index (κ3) is 1.81. The van der Waals surface area contributed by atoms with Crippen molar-refractivity contribution in [3.63, 3.8) is 0 Å². The molecule has 0 fully saturated rings. The van der Waals surface area contributed by atoms with Crippen LogP contribution in [0.15, 0.2) is 64.6 Å². The number of allylic oxidation sites excluding steroid dienone is 3. The molecule has 0 amide bonds. The van der Waals surface area contributed by atoms with Crippen LogP contribution < -0.4 is 4.90 Å². The predicted molar refractivity (Wildman–Crippen MR) is 72.7 cm³/mol. The largest absolute Gasteiger partial charge is 0.343 e. The van der Waals surface area contributed by atoms with Gasteiger partial charge in [0, 0.05) is 16.8 Å². The van der Waals surface area contributed by atoms with E-state index in [0.29, 0.717) is 0 Å². The van der Waals surface area contributed by atoms with Crippen LogP contribution in [0.3, 0.4) is 0 Å². The Morgan fingerprint density at radius 2 is 2.06 bits per heavy atom. The number of fused-ring (bicyclic) bond motifs is 1. The van der Waals surface area contributed by atoms with E-state index in [9.17, 15) is 0 Å². The Kier molecular flexibility index (Phi) is 3.20. The van der Waals surface area contributed by atoms with Crippen LogP contribution in [0.1, 0.15) is 6.92 Å². The molecule has 0 aromatic heterocycles. The Morgan fingerprint density at radius 1 is 1.31 bits per heavy atom. The average Bonchev–Trinajstić information content (AvgIpc) is 2.30. The van der Waals surface area contributed by atoms with E-state index in [4.69, 9.17) is 0 Å². The molecule has 16 heavy (non-hydrogen) atoms. The fourth-order valence-corrected chi connectivity index (χ4v) is 3.07. The average molecular weight is 229 g/mol. The van der Waals surface area contributed by atoms with Crippen LogP contribution in [0.2, 0.25) is 0 Å². The number of nitrogens with zero attached hydrogens (tertiary/aromatic N) is 1. The number of thioether (sulfide) groups is 1. The van der Waals surface area contributed by atoms with Gasteiger partial charge in [0.05, 0.1) is 11.4 Å². The lowest BCUT2D eigenvalue weighted by atomic mass is 10.2. The van der Waals surface area contributed by atoms with Crippen LogP contribution in [-0.2, 0) is 0 Å². The van der Waals surface area contributed by atoms with Crippen molar-refractivity contribution < 1.29 is 0 Å². The number of likely N-dealkylation sites (N-methyl/N-ethyl adjacent to an activating group) is 1. The maximum atomic E-state index is 3.77. The van der Waals surface area contributed by atoms with Crippen LogP contribution in [0.4, 0.5) is 5.69 Å². The monoisotopic (exact) mass is 229 g/mol. The molecule has 0 saturated heterocycles. The number of anilines is 1. The van der Waals surface area contributed by atoms with Gasteiger partial charge in [-0.05, 0) is 25.1 Å². The third-order valence-corrected chi connectivity index (χ3v) is 3.73. The van der Waals surface area contributed by atoms with Crippen molar-refractivity contribution in [1.29, 1.82) is 0 Å². The first-order chi connectivity index (χ1) is 7.77. The van der Waals surface area contributed by atoms with Gasteiger partial charge < -0.3 is 4.90 Å². The molecule has 1 aliphatic heterocycles. The summed E-state index contributed by atoms with van der Waals surface area (Å²) in [4.78, 5) is 4.77. The van der Waals surface area contributed by atoms with Crippen molar-refractivity contribution >= 4 is 17.4 Å². The summed E-state index contributed by atoms with van der Waals surface area (Å²) < 4.78 is 0. The van der Waals surface area contributed by atoms with Crippen molar-refractivity contribution in [3.05, 3.63) is 59.7 Å². The molecule has 1 nitrogen and oxygen atoms in total. The minimum absolute atomic E-state index is 1.24. The molecule has 0 unspecified atom stereocenters. The maximum Gasteiger partial charge on any atom is 0.0550 e. The van der Waals surface area contributed by atoms with Crippen molar-refractivity contribution in [2.24, 2.45) is 0 Å². The zero-order chi connectivity index (χ0) is 11.5. The van der Waals surface area contributed by atoms with Gasteiger partial charge in [0.1, 0.15) is 0 Å². The minimum Gasteiger partial charge on any atom is -0.343 e. The molecular formula is C14H15NS. The van der Waals surface area contributed by atoms with Gasteiger partial charge in [-0.3, -0.25) is 0 Å². The summed E-state index contributed by atoms with van der Waals surface area (Å²) in [7, 11) is 2.10. The maximum absolute atomic E-state index is 3.77. The van der Waals surface area contributed by atoms with Crippen LogP contribution in [0.25, 0.3) is 0 Å². The Bertz CT molecular complexity index is 471. The lowest BCUT2D eigenvalue weighted by molar-refractivity contribution is 1.08. The molecule has 1 heterocycles. The Labute approximate surface area is 101 Å². The molecule has 1 aromatic carbocycles. The molecule has 82 valence electrons. The topological polar surface area (TPSA) is 3.24 Å². The molecule has 0 N–H and O–H groups in total. The fourth-order valence-electron chi connectivity index (χ4n) is 1.85. The van der Waals surface area contributed by atoms with Crippen LogP contribution in [-0.4, -0.2) is 7.05 Å². The van der Waals surface area contributed by atoms with E-state index in [-0.39, 0.29) is 0 Å². The number of rotatable bonds is 1. The first kappa shape index (κ1) is 11.1. The quantitative estimate of drug-likeness (QED) is 0.710. The lowest BCUT2D eigenvalue weighted by Crippen LogP contribution is -2.20. The van der Waals surface area contributed by atoms with E-state index in [0.717, 1.165) is 0 Å². The highest BCUT2D eigenvalue weighted by Gasteiger charge is 2.21. The summed E-state index contributed by atoms with van der Waals surface area (Å²) in [5, 5.41) is 0. The summed E-state index contributed by atoms with van der Waals surface area (Å²) in [6.07, 6.45) is 6.04. The van der Waals surface area contributed by atoms with Crippen molar-refractivity contribution in [2.75, 3.05) is 11.9 Å². The zero-order valence-electron chi connectivity index (χ0n) is 9.60. The first-order valence-corrected chi connectivity index (χ1v) is 6.09. The molecule has 0 bridgehead atoms. The normalized spacial score (nSPS) is 20.0.